The van der Waals surface area contributed by atoms with Crippen molar-refractivity contribution in [3.8, 4) is 0 Å². The molecule has 2 aromatic rings. The molecule has 4 nitrogen and oxygen atoms in total. The van der Waals surface area contributed by atoms with Gasteiger partial charge in [0.2, 0.25) is 4.77 Å². The summed E-state index contributed by atoms with van der Waals surface area (Å²) < 4.78 is 2.88. The molecular weight excluding hydrogens is 300 g/mol. The Balaban J connectivity index is 2.53. The molecule has 0 bridgehead atoms. The Morgan fingerprint density at radius 1 is 1.35 bits per heavy atom. The first-order chi connectivity index (χ1) is 7.93. The van der Waals surface area contributed by atoms with Crippen LogP contribution >= 0.6 is 28.1 Å². The molecule has 0 saturated carbocycles. The van der Waals surface area contributed by atoms with E-state index in [4.69, 9.17) is 18.1 Å². The van der Waals surface area contributed by atoms with Crippen molar-refractivity contribution < 1.29 is 0 Å². The van der Waals surface area contributed by atoms with Crippen molar-refractivity contribution in [3.05, 3.63) is 44.9 Å². The molecule has 1 aromatic heterocycles. The molecule has 0 aliphatic rings. The van der Waals surface area contributed by atoms with Gasteiger partial charge in [0.05, 0.1) is 5.41 Å². The highest BCUT2D eigenvalue weighted by atomic mass is 79.9. The lowest BCUT2D eigenvalue weighted by atomic mass is 9.84. The lowest BCUT2D eigenvalue weighted by Gasteiger charge is -2.23. The fourth-order valence-corrected chi connectivity index (χ4v) is 2.14. The number of H-pyrrole nitrogens is 1. The second kappa shape index (κ2) is 4.27. The van der Waals surface area contributed by atoms with Crippen LogP contribution in [0.2, 0.25) is 0 Å². The van der Waals surface area contributed by atoms with Gasteiger partial charge in [0.1, 0.15) is 0 Å². The van der Waals surface area contributed by atoms with E-state index in [1.807, 2.05) is 24.3 Å². The number of benzene rings is 1. The third kappa shape index (κ3) is 2.14. The Morgan fingerprint density at radius 3 is 2.41 bits per heavy atom. The Morgan fingerprint density at radius 2 is 1.94 bits per heavy atom. The first kappa shape index (κ1) is 12.3. The molecule has 0 spiro atoms. The Labute approximate surface area is 113 Å². The van der Waals surface area contributed by atoms with Gasteiger partial charge in [-0.05, 0) is 43.8 Å². The van der Waals surface area contributed by atoms with Gasteiger partial charge in [-0.15, -0.1) is 0 Å². The van der Waals surface area contributed by atoms with Gasteiger partial charge in [-0.25, -0.2) is 4.68 Å². The second-order valence-corrected chi connectivity index (χ2v) is 5.66. The molecule has 0 fully saturated rings. The van der Waals surface area contributed by atoms with E-state index in [2.05, 4.69) is 40.0 Å². The zero-order valence-corrected chi connectivity index (χ0v) is 12.0. The highest BCUT2D eigenvalue weighted by Gasteiger charge is 2.28. The Hall–Kier alpha value is -1.14. The first-order valence-corrected chi connectivity index (χ1v) is 6.32. The molecule has 0 aliphatic carbocycles. The fraction of sp³-hybridized carbons (Fsp3) is 0.273. The number of hydrogen-bond donors (Lipinski definition) is 2. The Bertz CT molecular complexity index is 582. The summed E-state index contributed by atoms with van der Waals surface area (Å²) in [5.74, 6) is 6.58. The number of nitrogens with one attached hydrogen (secondary N) is 1. The molecule has 2 rings (SSSR count). The first-order valence-electron chi connectivity index (χ1n) is 5.12. The summed E-state index contributed by atoms with van der Waals surface area (Å²) in [6.45, 7) is 4.12. The van der Waals surface area contributed by atoms with Gasteiger partial charge in [0.25, 0.3) is 0 Å². The number of nitrogens with two attached hydrogens (primary N) is 1. The third-order valence-corrected chi connectivity index (χ3v) is 3.65. The summed E-state index contributed by atoms with van der Waals surface area (Å²) in [6.07, 6.45) is 0. The number of aromatic amines is 1. The zero-order valence-electron chi connectivity index (χ0n) is 9.57. The summed E-state index contributed by atoms with van der Waals surface area (Å²) in [5.41, 5.74) is 0.824. The molecule has 90 valence electrons. The molecule has 0 saturated heterocycles. The minimum Gasteiger partial charge on any atom is -0.335 e. The maximum atomic E-state index is 5.87. The minimum absolute atomic E-state index is 0.303. The summed E-state index contributed by atoms with van der Waals surface area (Å²) in [4.78, 5) is 0. The SMILES string of the molecule is CC(C)(c1ccc(Br)cc1)c1n[nH]c(=S)n1N. The topological polar surface area (TPSA) is 59.6 Å². The number of aromatic nitrogens is 3. The van der Waals surface area contributed by atoms with Crippen LogP contribution in [0.1, 0.15) is 25.2 Å². The number of nitrogen functional groups attached to an aromatic ring is 1. The van der Waals surface area contributed by atoms with E-state index in [-0.39, 0.29) is 5.41 Å². The van der Waals surface area contributed by atoms with E-state index in [0.29, 0.717) is 10.6 Å². The van der Waals surface area contributed by atoms with Gasteiger partial charge in [-0.2, -0.15) is 5.10 Å². The normalized spacial score (nSPS) is 11.7. The average molecular weight is 313 g/mol. The van der Waals surface area contributed by atoms with Crippen LogP contribution < -0.4 is 5.84 Å². The van der Waals surface area contributed by atoms with Gasteiger partial charge in [-0.3, -0.25) is 5.10 Å². The molecule has 0 unspecified atom stereocenters. The van der Waals surface area contributed by atoms with Gasteiger partial charge in [0.15, 0.2) is 5.82 Å². The molecule has 17 heavy (non-hydrogen) atoms. The van der Waals surface area contributed by atoms with Crippen LogP contribution in [0.3, 0.4) is 0 Å². The van der Waals surface area contributed by atoms with E-state index in [0.717, 1.165) is 10.0 Å². The molecule has 0 amide bonds. The molecule has 6 heteroatoms. The molecule has 1 heterocycles. The second-order valence-electron chi connectivity index (χ2n) is 4.35. The van der Waals surface area contributed by atoms with Crippen molar-refractivity contribution in [2.45, 2.75) is 19.3 Å². The molecule has 0 radical (unpaired) electrons. The fourth-order valence-electron chi connectivity index (χ4n) is 1.74. The van der Waals surface area contributed by atoms with Crippen molar-refractivity contribution in [2.75, 3.05) is 5.84 Å². The highest BCUT2D eigenvalue weighted by molar-refractivity contribution is 9.10. The van der Waals surface area contributed by atoms with Gasteiger partial charge < -0.3 is 5.84 Å². The summed E-state index contributed by atoms with van der Waals surface area (Å²) in [7, 11) is 0. The van der Waals surface area contributed by atoms with Crippen LogP contribution in [0.5, 0.6) is 0 Å². The van der Waals surface area contributed by atoms with Crippen LogP contribution in [0, 0.1) is 4.77 Å². The van der Waals surface area contributed by atoms with Crippen molar-refractivity contribution in [2.24, 2.45) is 0 Å². The van der Waals surface area contributed by atoms with Crippen LogP contribution in [-0.2, 0) is 5.41 Å². The summed E-state index contributed by atoms with van der Waals surface area (Å²) >= 11 is 8.44. The monoisotopic (exact) mass is 312 g/mol. The predicted molar refractivity (Wildman–Crippen MR) is 73.8 cm³/mol. The quantitative estimate of drug-likeness (QED) is 0.662. The van der Waals surface area contributed by atoms with E-state index >= 15 is 0 Å². The zero-order chi connectivity index (χ0) is 12.6. The number of nitrogens with zero attached hydrogens (tertiary/aromatic N) is 2. The van der Waals surface area contributed by atoms with Crippen molar-refractivity contribution in [1.29, 1.82) is 0 Å². The molecule has 3 N–H and O–H groups in total. The van der Waals surface area contributed by atoms with Gasteiger partial charge in [0, 0.05) is 4.47 Å². The number of hydrogen-bond acceptors (Lipinski definition) is 3. The lowest BCUT2D eigenvalue weighted by Crippen LogP contribution is -2.27. The Kier molecular flexibility index (Phi) is 3.09. The van der Waals surface area contributed by atoms with E-state index in [9.17, 15) is 0 Å². The third-order valence-electron chi connectivity index (χ3n) is 2.83. The average Bonchev–Trinajstić information content (AvgIpc) is 2.61. The van der Waals surface area contributed by atoms with Crippen molar-refractivity contribution in [3.63, 3.8) is 0 Å². The summed E-state index contributed by atoms with van der Waals surface area (Å²) in [6, 6.07) is 8.09. The lowest BCUT2D eigenvalue weighted by molar-refractivity contribution is 0.568. The molecule has 0 atom stereocenters. The van der Waals surface area contributed by atoms with E-state index in [1.54, 1.807) is 0 Å². The molecular formula is C11H13BrN4S. The molecule has 1 aromatic carbocycles. The van der Waals surface area contributed by atoms with Crippen LogP contribution in [0.4, 0.5) is 0 Å². The summed E-state index contributed by atoms with van der Waals surface area (Å²) in [5, 5.41) is 6.90. The van der Waals surface area contributed by atoms with E-state index in [1.165, 1.54) is 4.68 Å². The van der Waals surface area contributed by atoms with E-state index < -0.39 is 0 Å². The van der Waals surface area contributed by atoms with Gasteiger partial charge >= 0.3 is 0 Å². The standard InChI is InChI=1S/C11H13BrN4S/c1-11(2,7-3-5-8(12)6-4-7)9-14-15-10(17)16(9)13/h3-6H,13H2,1-2H3,(H,15,17). The smallest absolute Gasteiger partial charge is 0.214 e. The highest BCUT2D eigenvalue weighted by Crippen LogP contribution is 2.30. The van der Waals surface area contributed by atoms with Crippen molar-refractivity contribution >= 4 is 28.1 Å². The maximum Gasteiger partial charge on any atom is 0.214 e. The van der Waals surface area contributed by atoms with Crippen LogP contribution in [0.15, 0.2) is 28.7 Å². The van der Waals surface area contributed by atoms with Crippen LogP contribution in [0.25, 0.3) is 0 Å². The predicted octanol–water partition coefficient (Wildman–Crippen LogP) is 2.74. The maximum absolute atomic E-state index is 5.87. The number of halogens is 1. The minimum atomic E-state index is -0.303. The molecule has 0 aliphatic heterocycles. The van der Waals surface area contributed by atoms with Crippen LogP contribution in [-0.4, -0.2) is 14.9 Å². The number of rotatable bonds is 2. The van der Waals surface area contributed by atoms with Gasteiger partial charge in [-0.1, -0.05) is 28.1 Å². The van der Waals surface area contributed by atoms with Crippen molar-refractivity contribution in [1.82, 2.24) is 14.9 Å². The largest absolute Gasteiger partial charge is 0.335 e.